The number of carbonyl (C=O) groups is 1. The van der Waals surface area contributed by atoms with Crippen molar-refractivity contribution in [1.82, 2.24) is 4.90 Å². The molecule has 0 heterocycles. The van der Waals surface area contributed by atoms with E-state index in [1.54, 1.807) is 4.90 Å². The molecule has 1 rings (SSSR count). The maximum Gasteiger partial charge on any atom is 0.223 e. The van der Waals surface area contributed by atoms with Gasteiger partial charge < -0.3 is 4.90 Å². The van der Waals surface area contributed by atoms with Crippen LogP contribution in [0.25, 0.3) is 0 Å². The first-order chi connectivity index (χ1) is 7.56. The number of halogens is 2. The van der Waals surface area contributed by atoms with Crippen LogP contribution in [0.15, 0.2) is 24.3 Å². The molecule has 0 radical (unpaired) electrons. The minimum atomic E-state index is 0.0465. The highest BCUT2D eigenvalue weighted by Gasteiger charge is 2.16. The van der Waals surface area contributed by atoms with Gasteiger partial charge in [0.05, 0.1) is 6.04 Å². The second kappa shape index (κ2) is 6.26. The number of hydrogen-bond acceptors (Lipinski definition) is 1. The van der Waals surface area contributed by atoms with Crippen LogP contribution in [0.4, 0.5) is 0 Å². The smallest absolute Gasteiger partial charge is 0.223 e. The van der Waals surface area contributed by atoms with Crippen LogP contribution >= 0.6 is 27.5 Å². The first kappa shape index (κ1) is 13.5. The molecule has 0 N–H and O–H groups in total. The van der Waals surface area contributed by atoms with Crippen LogP contribution < -0.4 is 0 Å². The molecule has 16 heavy (non-hydrogen) atoms. The Bertz CT molecular complexity index is 370. The van der Waals surface area contributed by atoms with Gasteiger partial charge in [-0.1, -0.05) is 39.7 Å². The van der Waals surface area contributed by atoms with Crippen LogP contribution in [0.2, 0.25) is 5.02 Å². The molecule has 0 spiro atoms. The molecule has 1 unspecified atom stereocenters. The Morgan fingerprint density at radius 1 is 1.56 bits per heavy atom. The van der Waals surface area contributed by atoms with Gasteiger partial charge in [-0.05, 0) is 24.6 Å². The van der Waals surface area contributed by atoms with E-state index in [1.165, 1.54) is 0 Å². The molecule has 2 nitrogen and oxygen atoms in total. The van der Waals surface area contributed by atoms with Crippen LogP contribution in [-0.2, 0) is 4.79 Å². The average Bonchev–Trinajstić information content (AvgIpc) is 2.27. The molecule has 1 aromatic carbocycles. The third-order valence-electron chi connectivity index (χ3n) is 2.61. The van der Waals surface area contributed by atoms with Crippen molar-refractivity contribution in [1.29, 1.82) is 0 Å². The van der Waals surface area contributed by atoms with Gasteiger partial charge in [-0.15, -0.1) is 0 Å². The fourth-order valence-electron chi connectivity index (χ4n) is 1.46. The normalized spacial score (nSPS) is 12.2. The van der Waals surface area contributed by atoms with Crippen LogP contribution in [0, 0.1) is 0 Å². The van der Waals surface area contributed by atoms with Crippen molar-refractivity contribution in [3.05, 3.63) is 34.9 Å². The number of rotatable bonds is 4. The van der Waals surface area contributed by atoms with Gasteiger partial charge >= 0.3 is 0 Å². The predicted octanol–water partition coefficient (Wildman–Crippen LogP) is 3.64. The van der Waals surface area contributed by atoms with Gasteiger partial charge in [-0.25, -0.2) is 0 Å². The number of nitrogens with zero attached hydrogens (tertiary/aromatic N) is 1. The molecule has 0 saturated heterocycles. The van der Waals surface area contributed by atoms with E-state index in [9.17, 15) is 4.79 Å². The highest BCUT2D eigenvalue weighted by Crippen LogP contribution is 2.22. The monoisotopic (exact) mass is 303 g/mol. The number of hydrogen-bond donors (Lipinski definition) is 0. The zero-order valence-corrected chi connectivity index (χ0v) is 11.8. The van der Waals surface area contributed by atoms with Crippen molar-refractivity contribution >= 4 is 33.4 Å². The molecule has 0 fully saturated rings. The zero-order chi connectivity index (χ0) is 12.1. The van der Waals surface area contributed by atoms with E-state index in [1.807, 2.05) is 38.2 Å². The van der Waals surface area contributed by atoms with E-state index >= 15 is 0 Å². The summed E-state index contributed by atoms with van der Waals surface area (Å²) >= 11 is 9.19. The lowest BCUT2D eigenvalue weighted by atomic mass is 10.1. The van der Waals surface area contributed by atoms with Crippen molar-refractivity contribution in [3.63, 3.8) is 0 Å². The number of benzene rings is 1. The third kappa shape index (κ3) is 3.49. The summed E-state index contributed by atoms with van der Waals surface area (Å²) < 4.78 is 0. The van der Waals surface area contributed by atoms with Gasteiger partial charge in [0, 0.05) is 23.8 Å². The zero-order valence-electron chi connectivity index (χ0n) is 9.41. The Labute approximate surface area is 110 Å². The largest absolute Gasteiger partial charge is 0.339 e. The first-order valence-electron chi connectivity index (χ1n) is 5.13. The van der Waals surface area contributed by atoms with Gasteiger partial charge in [-0.2, -0.15) is 0 Å². The van der Waals surface area contributed by atoms with Gasteiger partial charge in [0.15, 0.2) is 0 Å². The highest BCUT2D eigenvalue weighted by molar-refractivity contribution is 9.09. The Morgan fingerprint density at radius 3 is 2.81 bits per heavy atom. The molecule has 0 aromatic heterocycles. The van der Waals surface area contributed by atoms with Gasteiger partial charge in [0.25, 0.3) is 0 Å². The fraction of sp³-hybridized carbons (Fsp3) is 0.417. The molecular formula is C12H15BrClNO. The predicted molar refractivity (Wildman–Crippen MR) is 71.0 cm³/mol. The molecule has 1 aromatic rings. The second-order valence-corrected chi connectivity index (χ2v) is 4.90. The minimum Gasteiger partial charge on any atom is -0.339 e. The summed E-state index contributed by atoms with van der Waals surface area (Å²) in [6.07, 6.45) is 0.515. The molecular weight excluding hydrogens is 289 g/mol. The topological polar surface area (TPSA) is 20.3 Å². The summed E-state index contributed by atoms with van der Waals surface area (Å²) in [5.74, 6) is 0.129. The molecule has 0 aliphatic heterocycles. The SMILES string of the molecule is CC(c1cccc(Cl)c1)N(C)C(=O)CCBr. The fourth-order valence-corrected chi connectivity index (χ4v) is 2.00. The summed E-state index contributed by atoms with van der Waals surface area (Å²) in [6, 6.07) is 7.65. The van der Waals surface area contributed by atoms with Crippen molar-refractivity contribution in [2.24, 2.45) is 0 Å². The molecule has 88 valence electrons. The summed E-state index contributed by atoms with van der Waals surface area (Å²) in [5, 5.41) is 1.39. The van der Waals surface area contributed by atoms with Crippen molar-refractivity contribution in [2.45, 2.75) is 19.4 Å². The lowest BCUT2D eigenvalue weighted by molar-refractivity contribution is -0.131. The number of carbonyl (C=O) groups excluding carboxylic acids is 1. The van der Waals surface area contributed by atoms with E-state index in [4.69, 9.17) is 11.6 Å². The Hall–Kier alpha value is -0.540. The van der Waals surface area contributed by atoms with Crippen LogP contribution in [0.1, 0.15) is 24.9 Å². The third-order valence-corrected chi connectivity index (χ3v) is 3.25. The van der Waals surface area contributed by atoms with E-state index in [0.717, 1.165) is 5.56 Å². The summed E-state index contributed by atoms with van der Waals surface area (Å²) in [5.41, 5.74) is 1.05. The lowest BCUT2D eigenvalue weighted by Crippen LogP contribution is -2.29. The first-order valence-corrected chi connectivity index (χ1v) is 6.63. The average molecular weight is 305 g/mol. The summed E-state index contributed by atoms with van der Waals surface area (Å²) in [4.78, 5) is 13.4. The molecule has 0 aliphatic rings. The second-order valence-electron chi connectivity index (χ2n) is 3.67. The van der Waals surface area contributed by atoms with E-state index in [2.05, 4.69) is 15.9 Å². The lowest BCUT2D eigenvalue weighted by Gasteiger charge is -2.25. The molecule has 0 bridgehead atoms. The molecule has 1 atom stereocenters. The molecule has 0 saturated carbocycles. The van der Waals surface area contributed by atoms with Crippen molar-refractivity contribution in [2.75, 3.05) is 12.4 Å². The molecule has 4 heteroatoms. The molecule has 1 amide bonds. The number of amides is 1. The van der Waals surface area contributed by atoms with Gasteiger partial charge in [0.1, 0.15) is 0 Å². The number of alkyl halides is 1. The quantitative estimate of drug-likeness (QED) is 0.778. The standard InChI is InChI=1S/C12H15BrClNO/c1-9(15(2)12(16)6-7-13)10-4-3-5-11(14)8-10/h3-5,8-9H,6-7H2,1-2H3. The van der Waals surface area contributed by atoms with Gasteiger partial charge in [0.2, 0.25) is 5.91 Å². The maximum atomic E-state index is 11.7. The summed E-state index contributed by atoms with van der Waals surface area (Å²) in [7, 11) is 1.82. The van der Waals surface area contributed by atoms with E-state index in [0.29, 0.717) is 16.8 Å². The van der Waals surface area contributed by atoms with Gasteiger partial charge in [-0.3, -0.25) is 4.79 Å². The highest BCUT2D eigenvalue weighted by atomic mass is 79.9. The van der Waals surface area contributed by atoms with Crippen LogP contribution in [0.5, 0.6) is 0 Å². The van der Waals surface area contributed by atoms with Crippen LogP contribution in [-0.4, -0.2) is 23.2 Å². The summed E-state index contributed by atoms with van der Waals surface area (Å²) in [6.45, 7) is 2.00. The van der Waals surface area contributed by atoms with Crippen molar-refractivity contribution in [3.8, 4) is 0 Å². The van der Waals surface area contributed by atoms with Crippen LogP contribution in [0.3, 0.4) is 0 Å². The van der Waals surface area contributed by atoms with E-state index in [-0.39, 0.29) is 11.9 Å². The van der Waals surface area contributed by atoms with E-state index < -0.39 is 0 Å². The molecule has 0 aliphatic carbocycles. The Kier molecular flexibility index (Phi) is 5.29. The minimum absolute atomic E-state index is 0.0465. The van der Waals surface area contributed by atoms with Crippen molar-refractivity contribution < 1.29 is 4.79 Å². The Balaban J connectivity index is 2.77. The Morgan fingerprint density at radius 2 is 2.25 bits per heavy atom. The maximum absolute atomic E-state index is 11.7.